The van der Waals surface area contributed by atoms with Crippen LogP contribution in [0.4, 0.5) is 20.2 Å². The monoisotopic (exact) mass is 678 g/mol. The van der Waals surface area contributed by atoms with E-state index in [1.54, 1.807) is 42.5 Å². The van der Waals surface area contributed by atoms with E-state index in [2.05, 4.69) is 0 Å². The number of alkyl halides is 6. The predicted molar refractivity (Wildman–Crippen MR) is 154 cm³/mol. The van der Waals surface area contributed by atoms with E-state index >= 15 is 0 Å². The Kier molecular flexibility index (Phi) is 12.9. The third-order valence-electron chi connectivity index (χ3n) is 3.93. The molecule has 37 heavy (non-hydrogen) atoms. The van der Waals surface area contributed by atoms with Crippen molar-refractivity contribution in [2.75, 3.05) is 35.6 Å². The summed E-state index contributed by atoms with van der Waals surface area (Å²) in [5, 5.41) is 0. The van der Waals surface area contributed by atoms with E-state index in [-0.39, 0.29) is 35.3 Å². The predicted octanol–water partition coefficient (Wildman–Crippen LogP) is 6.32. The van der Waals surface area contributed by atoms with Gasteiger partial charge in [-0.25, -0.2) is 0 Å². The Hall–Kier alpha value is -0.420. The molecular formula is C19H24Cl4F2N4O4S4. The molecule has 0 saturated heterocycles. The number of halogens is 6. The fraction of sp³-hybridized carbons (Fsp3) is 0.368. The van der Waals surface area contributed by atoms with Crippen LogP contribution in [0.2, 0.25) is 0 Å². The zero-order chi connectivity index (χ0) is 28.8. The second-order valence-electron chi connectivity index (χ2n) is 7.28. The molecule has 0 amide bonds. The first-order valence-electron chi connectivity index (χ1n) is 9.77. The summed E-state index contributed by atoms with van der Waals surface area (Å²) < 4.78 is 72.9. The number of anilines is 2. The first kappa shape index (κ1) is 34.6. The highest BCUT2D eigenvalue weighted by atomic mass is 35.5. The van der Waals surface area contributed by atoms with E-state index in [9.17, 15) is 25.6 Å². The van der Waals surface area contributed by atoms with Crippen LogP contribution in [-0.4, -0.2) is 61.5 Å². The average Bonchev–Trinajstić information content (AvgIpc) is 2.76. The Balaban J connectivity index is 0.000000371. The molecule has 0 bridgehead atoms. The zero-order valence-corrected chi connectivity index (χ0v) is 26.3. The van der Waals surface area contributed by atoms with Gasteiger partial charge in [0.2, 0.25) is 0 Å². The van der Waals surface area contributed by atoms with Gasteiger partial charge in [-0.2, -0.15) is 41.6 Å². The van der Waals surface area contributed by atoms with Crippen molar-refractivity contribution in [1.29, 1.82) is 0 Å². The maximum Gasteiger partial charge on any atom is 0.324 e. The van der Waals surface area contributed by atoms with Crippen LogP contribution in [0.1, 0.15) is 5.56 Å². The SMILES string of the molecule is CN(C)S(=O)(=O)N(SC(F)(Cl)Cl)c1ccccc1.Cc1ccc(N(SC(F)(Cl)Cl)S(=O)(=O)N(C)C)cc1. The van der Waals surface area contributed by atoms with Gasteiger partial charge in [0.05, 0.1) is 11.4 Å². The van der Waals surface area contributed by atoms with Crippen molar-refractivity contribution in [2.45, 2.75) is 14.8 Å². The van der Waals surface area contributed by atoms with Crippen LogP contribution in [0.5, 0.6) is 0 Å². The molecule has 0 atom stereocenters. The van der Waals surface area contributed by atoms with Crippen LogP contribution in [0.15, 0.2) is 54.6 Å². The highest BCUT2D eigenvalue weighted by molar-refractivity contribution is 8.16. The molecule has 0 unspecified atom stereocenters. The van der Waals surface area contributed by atoms with Crippen molar-refractivity contribution < 1.29 is 25.6 Å². The number of para-hydroxylation sites is 1. The third-order valence-corrected chi connectivity index (χ3v) is 10.6. The molecular weight excluding hydrogens is 656 g/mol. The molecule has 8 nitrogen and oxygen atoms in total. The van der Waals surface area contributed by atoms with Gasteiger partial charge in [0.1, 0.15) is 0 Å². The van der Waals surface area contributed by atoms with Gasteiger partial charge in [0.15, 0.2) is 0 Å². The lowest BCUT2D eigenvalue weighted by molar-refractivity contribution is 0.510. The fourth-order valence-corrected chi connectivity index (χ4v) is 7.86. The fourth-order valence-electron chi connectivity index (χ4n) is 2.17. The molecule has 0 fully saturated rings. The van der Waals surface area contributed by atoms with Gasteiger partial charge in [-0.05, 0) is 31.2 Å². The maximum atomic E-state index is 13.4. The highest BCUT2D eigenvalue weighted by Crippen LogP contribution is 2.43. The van der Waals surface area contributed by atoms with E-state index in [1.807, 2.05) is 6.92 Å². The van der Waals surface area contributed by atoms with E-state index in [1.165, 1.54) is 40.3 Å². The molecule has 2 rings (SSSR count). The number of benzene rings is 2. The largest absolute Gasteiger partial charge is 0.324 e. The van der Waals surface area contributed by atoms with Crippen molar-refractivity contribution in [3.63, 3.8) is 0 Å². The van der Waals surface area contributed by atoms with Gasteiger partial charge in [0, 0.05) is 52.1 Å². The van der Waals surface area contributed by atoms with Gasteiger partial charge in [0.25, 0.3) is 0 Å². The molecule has 0 saturated carbocycles. The lowest BCUT2D eigenvalue weighted by Crippen LogP contribution is -2.37. The van der Waals surface area contributed by atoms with E-state index in [4.69, 9.17) is 46.4 Å². The minimum Gasteiger partial charge on any atom is -0.194 e. The molecule has 0 aliphatic heterocycles. The van der Waals surface area contributed by atoms with Gasteiger partial charge in [-0.3, -0.25) is 0 Å². The van der Waals surface area contributed by atoms with E-state index < -0.39 is 28.3 Å². The van der Waals surface area contributed by atoms with Gasteiger partial charge in [-0.1, -0.05) is 82.3 Å². The molecule has 0 spiro atoms. The van der Waals surface area contributed by atoms with Crippen LogP contribution in [0, 0.1) is 6.92 Å². The molecule has 0 N–H and O–H groups in total. The smallest absolute Gasteiger partial charge is 0.194 e. The number of aryl methyl sites for hydroxylation is 1. The molecule has 2 aromatic carbocycles. The maximum absolute atomic E-state index is 13.4. The topological polar surface area (TPSA) is 81.2 Å². The molecule has 2 aromatic rings. The summed E-state index contributed by atoms with van der Waals surface area (Å²) in [4.78, 5) is 0. The summed E-state index contributed by atoms with van der Waals surface area (Å²) in [6.07, 6.45) is 0. The molecule has 0 radical (unpaired) electrons. The quantitative estimate of drug-likeness (QED) is 0.216. The first-order valence-corrected chi connectivity index (χ1v) is 15.6. The van der Waals surface area contributed by atoms with Crippen LogP contribution >= 0.6 is 70.3 Å². The average molecular weight is 681 g/mol. The molecule has 18 heteroatoms. The Morgan fingerprint density at radius 2 is 0.973 bits per heavy atom. The van der Waals surface area contributed by atoms with Crippen LogP contribution in [0.3, 0.4) is 0 Å². The highest BCUT2D eigenvalue weighted by Gasteiger charge is 2.37. The van der Waals surface area contributed by atoms with Crippen molar-refractivity contribution >= 4 is 102 Å². The van der Waals surface area contributed by atoms with Crippen LogP contribution in [-0.2, 0) is 20.4 Å². The lowest BCUT2D eigenvalue weighted by atomic mass is 10.2. The standard InChI is InChI=1S/C10H13Cl2FN2O2S2.C9H11Cl2FN2O2S2/c1-8-4-6-9(7-5-8)15(18-10(11,12)13)19(16,17)14(2)3;1-13(2)18(15,16)14(17-9(10,11)12)8-6-4-3-5-7-8/h4-7H,1-3H3;3-7H,1-2H3. The van der Waals surface area contributed by atoms with Crippen LogP contribution in [0.25, 0.3) is 0 Å². The van der Waals surface area contributed by atoms with Gasteiger partial charge >= 0.3 is 28.3 Å². The summed E-state index contributed by atoms with van der Waals surface area (Å²) in [7, 11) is -2.50. The molecule has 0 aliphatic rings. The summed E-state index contributed by atoms with van der Waals surface area (Å²) in [6.45, 7) is 1.85. The second kappa shape index (κ2) is 13.8. The van der Waals surface area contributed by atoms with Crippen LogP contribution < -0.4 is 7.42 Å². The first-order chi connectivity index (χ1) is 16.7. The normalized spacial score (nSPS) is 12.8. The Bertz CT molecular complexity index is 1210. The number of rotatable bonds is 10. The lowest BCUT2D eigenvalue weighted by Gasteiger charge is -2.27. The summed E-state index contributed by atoms with van der Waals surface area (Å²) >= 11 is 21.3. The minimum atomic E-state index is -3.92. The minimum absolute atomic E-state index is 0.158. The Morgan fingerprint density at radius 3 is 1.27 bits per heavy atom. The van der Waals surface area contributed by atoms with Gasteiger partial charge in [-0.15, -0.1) is 0 Å². The van der Waals surface area contributed by atoms with Crippen molar-refractivity contribution in [3.05, 3.63) is 60.2 Å². The number of hydrogen-bond acceptors (Lipinski definition) is 6. The molecule has 210 valence electrons. The Labute approximate surface area is 245 Å². The van der Waals surface area contributed by atoms with Crippen molar-refractivity contribution in [2.24, 2.45) is 0 Å². The third kappa shape index (κ3) is 11.3. The van der Waals surface area contributed by atoms with Crippen molar-refractivity contribution in [3.8, 4) is 0 Å². The van der Waals surface area contributed by atoms with E-state index in [0.717, 1.165) is 21.6 Å². The molecule has 0 aliphatic carbocycles. The zero-order valence-electron chi connectivity index (χ0n) is 20.0. The molecule has 0 heterocycles. The van der Waals surface area contributed by atoms with E-state index in [0.29, 0.717) is 0 Å². The molecule has 0 aromatic heterocycles. The Morgan fingerprint density at radius 1 is 0.649 bits per heavy atom. The van der Waals surface area contributed by atoms with Gasteiger partial charge < -0.3 is 0 Å². The second-order valence-corrected chi connectivity index (χ2v) is 17.3. The van der Waals surface area contributed by atoms with Crippen molar-refractivity contribution in [1.82, 2.24) is 8.61 Å². The number of hydrogen-bond donors (Lipinski definition) is 0. The summed E-state index contributed by atoms with van der Waals surface area (Å²) in [5.74, 6) is 0. The summed E-state index contributed by atoms with van der Waals surface area (Å²) in [6, 6.07) is 14.5. The number of nitrogens with zero attached hydrogens (tertiary/aromatic N) is 4. The summed E-state index contributed by atoms with van der Waals surface area (Å²) in [5.41, 5.74) is 1.45.